The summed E-state index contributed by atoms with van der Waals surface area (Å²) in [6.45, 7) is 0.483. The summed E-state index contributed by atoms with van der Waals surface area (Å²) in [6.07, 6.45) is 3.29. The van der Waals surface area contributed by atoms with E-state index in [1.165, 1.54) is 6.08 Å². The van der Waals surface area contributed by atoms with Crippen molar-refractivity contribution in [1.29, 1.82) is 0 Å². The molecule has 0 bridgehead atoms. The van der Waals surface area contributed by atoms with E-state index in [2.05, 4.69) is 5.32 Å². The van der Waals surface area contributed by atoms with Gasteiger partial charge < -0.3 is 10.1 Å². The van der Waals surface area contributed by atoms with Crippen molar-refractivity contribution < 1.29 is 13.7 Å². The maximum atomic E-state index is 11.9. The summed E-state index contributed by atoms with van der Waals surface area (Å²) in [5, 5.41) is 4.78. The summed E-state index contributed by atoms with van der Waals surface area (Å²) in [6, 6.07) is 11.3. The number of hydrogen-bond acceptors (Lipinski definition) is 4. The maximum absolute atomic E-state index is 11.9. The first-order valence-corrected chi connectivity index (χ1v) is 9.49. The Kier molecular flexibility index (Phi) is 7.19. The zero-order valence-electron chi connectivity index (χ0n) is 12.9. The molecule has 1 aromatic heterocycles. The maximum Gasteiger partial charge on any atom is 0.248 e. The molecule has 4 nitrogen and oxygen atoms in total. The Morgan fingerprint density at radius 2 is 2.22 bits per heavy atom. The fourth-order valence-electron chi connectivity index (χ4n) is 1.90. The van der Waals surface area contributed by atoms with Crippen LogP contribution in [-0.2, 0) is 26.1 Å². The summed E-state index contributed by atoms with van der Waals surface area (Å²) in [4.78, 5) is 12.9. The van der Waals surface area contributed by atoms with Crippen molar-refractivity contribution in [3.05, 3.63) is 58.3 Å². The van der Waals surface area contributed by atoms with Gasteiger partial charge in [0, 0.05) is 46.1 Å². The second-order valence-electron chi connectivity index (χ2n) is 4.82. The first-order valence-electron chi connectivity index (χ1n) is 7.13. The molecule has 23 heavy (non-hydrogen) atoms. The van der Waals surface area contributed by atoms with Gasteiger partial charge in [-0.1, -0.05) is 18.2 Å². The van der Waals surface area contributed by atoms with Gasteiger partial charge in [0.2, 0.25) is 5.91 Å². The van der Waals surface area contributed by atoms with Crippen LogP contribution in [0, 0.1) is 0 Å². The largest absolute Gasteiger partial charge is 0.384 e. The standard InChI is InChI=1S/C17H19NO3S2/c1-21-9-11-23(20)13-14-4-2-5-15(12-14)18-17(19)8-7-16-6-3-10-22-16/h2-8,10,12H,9,11,13H2,1H3,(H,18,19). The Morgan fingerprint density at radius 1 is 1.35 bits per heavy atom. The predicted molar refractivity (Wildman–Crippen MR) is 97.0 cm³/mol. The quantitative estimate of drug-likeness (QED) is 0.744. The number of methoxy groups -OCH3 is 1. The Balaban J connectivity index is 1.91. The van der Waals surface area contributed by atoms with Crippen molar-refractivity contribution in [2.24, 2.45) is 0 Å². The molecule has 0 radical (unpaired) electrons. The number of rotatable bonds is 8. The monoisotopic (exact) mass is 349 g/mol. The number of amides is 1. The van der Waals surface area contributed by atoms with Crippen LogP contribution in [0.5, 0.6) is 0 Å². The van der Waals surface area contributed by atoms with E-state index in [4.69, 9.17) is 4.74 Å². The van der Waals surface area contributed by atoms with Gasteiger partial charge >= 0.3 is 0 Å². The van der Waals surface area contributed by atoms with Gasteiger partial charge in [-0.2, -0.15) is 0 Å². The number of carbonyl (C=O) groups excluding carboxylic acids is 1. The molecule has 1 N–H and O–H groups in total. The lowest BCUT2D eigenvalue weighted by Gasteiger charge is -2.06. The van der Waals surface area contributed by atoms with E-state index in [9.17, 15) is 9.00 Å². The van der Waals surface area contributed by atoms with Crippen LogP contribution in [0.25, 0.3) is 6.08 Å². The van der Waals surface area contributed by atoms with Gasteiger partial charge in [-0.3, -0.25) is 9.00 Å². The van der Waals surface area contributed by atoms with Crippen LogP contribution in [0.1, 0.15) is 10.4 Å². The summed E-state index contributed by atoms with van der Waals surface area (Å²) < 4.78 is 16.8. The van der Waals surface area contributed by atoms with E-state index in [1.54, 1.807) is 24.5 Å². The van der Waals surface area contributed by atoms with Crippen molar-refractivity contribution in [1.82, 2.24) is 0 Å². The fraction of sp³-hybridized carbons (Fsp3) is 0.235. The zero-order chi connectivity index (χ0) is 16.5. The number of benzene rings is 1. The average molecular weight is 349 g/mol. The molecule has 0 saturated heterocycles. The van der Waals surface area contributed by atoms with Crippen LogP contribution in [0.2, 0.25) is 0 Å². The first kappa shape index (κ1) is 17.6. The highest BCUT2D eigenvalue weighted by Crippen LogP contribution is 2.14. The van der Waals surface area contributed by atoms with Crippen molar-refractivity contribution in [2.75, 3.05) is 24.8 Å². The van der Waals surface area contributed by atoms with Gasteiger partial charge in [-0.25, -0.2) is 0 Å². The Hall–Kier alpha value is -1.76. The molecule has 1 aromatic carbocycles. The van der Waals surface area contributed by atoms with Gasteiger partial charge in [0.1, 0.15) is 0 Å². The number of hydrogen-bond donors (Lipinski definition) is 1. The summed E-state index contributed by atoms with van der Waals surface area (Å²) in [5.74, 6) is 0.783. The lowest BCUT2D eigenvalue weighted by Crippen LogP contribution is -2.09. The van der Waals surface area contributed by atoms with Gasteiger partial charge in [0.15, 0.2) is 0 Å². The molecular weight excluding hydrogens is 330 g/mol. The SMILES string of the molecule is COCCS(=O)Cc1cccc(NC(=O)C=Cc2cccs2)c1. The molecule has 2 aromatic rings. The minimum atomic E-state index is -0.966. The molecule has 0 aliphatic carbocycles. The number of thiophene rings is 1. The van der Waals surface area contributed by atoms with E-state index in [0.29, 0.717) is 23.8 Å². The Morgan fingerprint density at radius 3 is 2.96 bits per heavy atom. The molecule has 1 heterocycles. The summed E-state index contributed by atoms with van der Waals surface area (Å²) in [7, 11) is 0.628. The minimum Gasteiger partial charge on any atom is -0.384 e. The lowest BCUT2D eigenvalue weighted by molar-refractivity contribution is -0.111. The van der Waals surface area contributed by atoms with Crippen LogP contribution in [0.15, 0.2) is 47.9 Å². The van der Waals surface area contributed by atoms with Crippen LogP contribution >= 0.6 is 11.3 Å². The van der Waals surface area contributed by atoms with Crippen molar-refractivity contribution in [3.8, 4) is 0 Å². The second kappa shape index (κ2) is 9.39. The van der Waals surface area contributed by atoms with Crippen molar-refractivity contribution in [2.45, 2.75) is 5.75 Å². The van der Waals surface area contributed by atoms with Crippen LogP contribution in [0.4, 0.5) is 5.69 Å². The van der Waals surface area contributed by atoms with Gasteiger partial charge in [0.25, 0.3) is 0 Å². The normalized spacial score (nSPS) is 12.4. The van der Waals surface area contributed by atoms with E-state index < -0.39 is 10.8 Å². The third-order valence-electron chi connectivity index (χ3n) is 2.98. The van der Waals surface area contributed by atoms with Gasteiger partial charge in [-0.15, -0.1) is 11.3 Å². The molecule has 0 aliphatic rings. The van der Waals surface area contributed by atoms with E-state index >= 15 is 0 Å². The molecule has 0 spiro atoms. The molecule has 122 valence electrons. The van der Waals surface area contributed by atoms with E-state index in [1.807, 2.05) is 41.8 Å². The van der Waals surface area contributed by atoms with E-state index in [0.717, 1.165) is 10.4 Å². The number of nitrogens with one attached hydrogen (secondary N) is 1. The van der Waals surface area contributed by atoms with Crippen LogP contribution in [0.3, 0.4) is 0 Å². The highest BCUT2D eigenvalue weighted by Gasteiger charge is 2.04. The number of anilines is 1. The van der Waals surface area contributed by atoms with Crippen LogP contribution < -0.4 is 5.32 Å². The Labute approximate surface area is 142 Å². The fourth-order valence-corrected chi connectivity index (χ4v) is 3.57. The molecule has 2 rings (SSSR count). The van der Waals surface area contributed by atoms with E-state index in [-0.39, 0.29) is 5.91 Å². The third-order valence-corrected chi connectivity index (χ3v) is 5.09. The first-order chi connectivity index (χ1) is 11.2. The lowest BCUT2D eigenvalue weighted by atomic mass is 10.2. The molecular formula is C17H19NO3S2. The van der Waals surface area contributed by atoms with Crippen molar-refractivity contribution >= 4 is 39.8 Å². The molecule has 6 heteroatoms. The highest BCUT2D eigenvalue weighted by molar-refractivity contribution is 7.84. The average Bonchev–Trinajstić information content (AvgIpc) is 3.05. The smallest absolute Gasteiger partial charge is 0.248 e. The predicted octanol–water partition coefficient (Wildman–Crippen LogP) is 3.30. The summed E-state index contributed by atoms with van der Waals surface area (Å²) in [5.41, 5.74) is 1.63. The highest BCUT2D eigenvalue weighted by atomic mass is 32.2. The molecule has 1 atom stereocenters. The molecule has 0 aliphatic heterocycles. The second-order valence-corrected chi connectivity index (χ2v) is 7.38. The number of carbonyl (C=O) groups is 1. The minimum absolute atomic E-state index is 0.184. The van der Waals surface area contributed by atoms with Gasteiger partial charge in [0.05, 0.1) is 6.61 Å². The topological polar surface area (TPSA) is 55.4 Å². The molecule has 0 fully saturated rings. The molecule has 1 amide bonds. The zero-order valence-corrected chi connectivity index (χ0v) is 14.5. The van der Waals surface area contributed by atoms with Gasteiger partial charge in [-0.05, 0) is 35.2 Å². The summed E-state index contributed by atoms with van der Waals surface area (Å²) >= 11 is 1.58. The third kappa shape index (κ3) is 6.48. The van der Waals surface area contributed by atoms with Crippen molar-refractivity contribution in [3.63, 3.8) is 0 Å². The Bertz CT molecular complexity index is 681. The molecule has 1 unspecified atom stereocenters. The molecule has 0 saturated carbocycles. The number of ether oxygens (including phenoxy) is 1. The van der Waals surface area contributed by atoms with Crippen LogP contribution in [-0.4, -0.2) is 29.6 Å².